The molecule has 1 aromatic carbocycles. The van der Waals surface area contributed by atoms with E-state index >= 15 is 0 Å². The van der Waals surface area contributed by atoms with Crippen molar-refractivity contribution in [1.29, 1.82) is 0 Å². The Morgan fingerprint density at radius 3 is 2.64 bits per heavy atom. The van der Waals surface area contributed by atoms with Gasteiger partial charge in [0.1, 0.15) is 5.82 Å². The van der Waals surface area contributed by atoms with Gasteiger partial charge in [0.2, 0.25) is 0 Å². The molecule has 0 heterocycles. The molecule has 1 rings (SSSR count). The van der Waals surface area contributed by atoms with E-state index in [1.165, 1.54) is 19.1 Å². The minimum Gasteiger partial charge on any atom is -0.392 e. The van der Waals surface area contributed by atoms with Crippen molar-refractivity contribution >= 4 is 0 Å². The average Bonchev–Trinajstić information content (AvgIpc) is 2.16. The maximum Gasteiger partial charge on any atom is 0.129 e. The van der Waals surface area contributed by atoms with Crippen molar-refractivity contribution < 1.29 is 14.6 Å². The van der Waals surface area contributed by atoms with Crippen molar-refractivity contribution in [2.24, 2.45) is 5.73 Å². The Bertz CT molecular complexity index is 315. The van der Waals surface area contributed by atoms with E-state index in [1.807, 2.05) is 0 Å². The molecule has 1 aromatic rings. The Morgan fingerprint density at radius 1 is 1.50 bits per heavy atom. The average molecular weight is 199 g/mol. The number of rotatable bonds is 3. The van der Waals surface area contributed by atoms with E-state index in [2.05, 4.69) is 0 Å². The van der Waals surface area contributed by atoms with Gasteiger partial charge in [-0.05, 0) is 18.6 Å². The van der Waals surface area contributed by atoms with Crippen LogP contribution in [-0.4, -0.2) is 16.3 Å². The minimum absolute atomic E-state index is 0.154. The Kier molecular flexibility index (Phi) is 3.57. The van der Waals surface area contributed by atoms with Crippen molar-refractivity contribution in [1.82, 2.24) is 0 Å². The molecule has 0 amide bonds. The third-order valence-corrected chi connectivity index (χ3v) is 2.19. The maximum atomic E-state index is 13.2. The number of aliphatic hydroxyl groups excluding tert-OH is 2. The fraction of sp³-hybridized carbons (Fsp3) is 0.400. The van der Waals surface area contributed by atoms with Crippen LogP contribution in [0.1, 0.15) is 24.1 Å². The molecular formula is C10H14FNO2. The number of halogens is 1. The zero-order chi connectivity index (χ0) is 10.7. The number of aliphatic hydroxyl groups is 2. The smallest absolute Gasteiger partial charge is 0.129 e. The molecule has 0 radical (unpaired) electrons. The summed E-state index contributed by atoms with van der Waals surface area (Å²) in [4.78, 5) is 0. The van der Waals surface area contributed by atoms with Gasteiger partial charge in [-0.1, -0.05) is 12.1 Å². The molecule has 14 heavy (non-hydrogen) atoms. The second-order valence-electron chi connectivity index (χ2n) is 3.23. The van der Waals surface area contributed by atoms with E-state index in [4.69, 9.17) is 10.8 Å². The van der Waals surface area contributed by atoms with Crippen LogP contribution >= 0.6 is 0 Å². The molecule has 0 aliphatic heterocycles. The summed E-state index contributed by atoms with van der Waals surface area (Å²) in [5, 5.41) is 18.2. The largest absolute Gasteiger partial charge is 0.392 e. The fourth-order valence-electron chi connectivity index (χ4n) is 1.31. The van der Waals surface area contributed by atoms with Crippen LogP contribution in [0.2, 0.25) is 0 Å². The molecule has 0 saturated heterocycles. The van der Waals surface area contributed by atoms with Gasteiger partial charge in [-0.3, -0.25) is 0 Å². The standard InChI is InChI=1S/C10H14FNO2/c1-6(14)10(12)7-3-2-4-9(11)8(7)5-13/h2-4,6,10,13-14H,5,12H2,1H3/t6-,10-/m1/s1. The molecule has 0 spiro atoms. The Morgan fingerprint density at radius 2 is 2.14 bits per heavy atom. The second-order valence-corrected chi connectivity index (χ2v) is 3.23. The Labute approximate surface area is 82.0 Å². The first-order valence-corrected chi connectivity index (χ1v) is 4.39. The summed E-state index contributed by atoms with van der Waals surface area (Å²) in [6, 6.07) is 3.69. The first kappa shape index (κ1) is 11.1. The monoisotopic (exact) mass is 199 g/mol. The van der Waals surface area contributed by atoms with Crippen molar-refractivity contribution in [3.8, 4) is 0 Å². The van der Waals surface area contributed by atoms with Gasteiger partial charge in [-0.15, -0.1) is 0 Å². The first-order valence-electron chi connectivity index (χ1n) is 4.39. The van der Waals surface area contributed by atoms with Gasteiger partial charge in [0.15, 0.2) is 0 Å². The molecule has 0 unspecified atom stereocenters. The quantitative estimate of drug-likeness (QED) is 0.671. The van der Waals surface area contributed by atoms with Crippen LogP contribution in [0.4, 0.5) is 4.39 Å². The van der Waals surface area contributed by atoms with Gasteiger partial charge in [-0.2, -0.15) is 0 Å². The van der Waals surface area contributed by atoms with Crippen molar-refractivity contribution in [3.05, 3.63) is 35.1 Å². The summed E-state index contributed by atoms with van der Waals surface area (Å²) in [5.41, 5.74) is 6.26. The summed E-state index contributed by atoms with van der Waals surface area (Å²) in [6.07, 6.45) is -0.776. The highest BCUT2D eigenvalue weighted by atomic mass is 19.1. The molecule has 4 N–H and O–H groups in total. The number of hydrogen-bond acceptors (Lipinski definition) is 3. The highest BCUT2D eigenvalue weighted by Crippen LogP contribution is 2.21. The predicted octanol–water partition coefficient (Wildman–Crippen LogP) is 0.699. The molecule has 0 aliphatic rings. The molecule has 3 nitrogen and oxygen atoms in total. The van der Waals surface area contributed by atoms with Crippen LogP contribution in [0, 0.1) is 5.82 Å². The SMILES string of the molecule is C[C@@H](O)[C@@H](N)c1cccc(F)c1CO. The van der Waals surface area contributed by atoms with Gasteiger partial charge >= 0.3 is 0 Å². The van der Waals surface area contributed by atoms with E-state index in [1.54, 1.807) is 6.07 Å². The normalized spacial score (nSPS) is 15.2. The van der Waals surface area contributed by atoms with Crippen LogP contribution in [0.25, 0.3) is 0 Å². The van der Waals surface area contributed by atoms with Crippen molar-refractivity contribution in [2.45, 2.75) is 25.7 Å². The zero-order valence-corrected chi connectivity index (χ0v) is 7.94. The van der Waals surface area contributed by atoms with Crippen LogP contribution in [0.15, 0.2) is 18.2 Å². The summed E-state index contributed by atoms with van der Waals surface area (Å²) in [7, 11) is 0. The molecule has 0 bridgehead atoms. The van der Waals surface area contributed by atoms with Crippen LogP contribution < -0.4 is 5.73 Å². The lowest BCUT2D eigenvalue weighted by molar-refractivity contribution is 0.162. The topological polar surface area (TPSA) is 66.5 Å². The number of nitrogens with two attached hydrogens (primary N) is 1. The first-order chi connectivity index (χ1) is 6.57. The van der Waals surface area contributed by atoms with E-state index < -0.39 is 24.6 Å². The maximum absolute atomic E-state index is 13.2. The molecule has 78 valence electrons. The zero-order valence-electron chi connectivity index (χ0n) is 7.94. The van der Waals surface area contributed by atoms with Crippen molar-refractivity contribution in [3.63, 3.8) is 0 Å². The number of hydrogen-bond donors (Lipinski definition) is 3. The van der Waals surface area contributed by atoms with E-state index in [0.29, 0.717) is 5.56 Å². The minimum atomic E-state index is -0.776. The van der Waals surface area contributed by atoms with Crippen LogP contribution in [0.5, 0.6) is 0 Å². The Hall–Kier alpha value is -0.970. The molecule has 0 aliphatic carbocycles. The van der Waals surface area contributed by atoms with E-state index in [-0.39, 0.29) is 5.56 Å². The second kappa shape index (κ2) is 4.50. The highest BCUT2D eigenvalue weighted by molar-refractivity contribution is 5.31. The highest BCUT2D eigenvalue weighted by Gasteiger charge is 2.17. The summed E-state index contributed by atoms with van der Waals surface area (Å²) in [6.45, 7) is 1.11. The molecule has 0 aromatic heterocycles. The summed E-state index contributed by atoms with van der Waals surface area (Å²) >= 11 is 0. The molecule has 4 heteroatoms. The van der Waals surface area contributed by atoms with Crippen LogP contribution in [-0.2, 0) is 6.61 Å². The van der Waals surface area contributed by atoms with Gasteiger partial charge in [0.25, 0.3) is 0 Å². The van der Waals surface area contributed by atoms with Gasteiger partial charge in [-0.25, -0.2) is 4.39 Å². The van der Waals surface area contributed by atoms with Gasteiger partial charge in [0, 0.05) is 5.56 Å². The lowest BCUT2D eigenvalue weighted by Crippen LogP contribution is -2.24. The predicted molar refractivity (Wildman–Crippen MR) is 50.9 cm³/mol. The van der Waals surface area contributed by atoms with Gasteiger partial charge < -0.3 is 15.9 Å². The lowest BCUT2D eigenvalue weighted by Gasteiger charge is -2.18. The molecular weight excluding hydrogens is 185 g/mol. The lowest BCUT2D eigenvalue weighted by atomic mass is 9.97. The fourth-order valence-corrected chi connectivity index (χ4v) is 1.31. The third kappa shape index (κ3) is 2.09. The summed E-state index contributed by atoms with van der Waals surface area (Å²) < 4.78 is 13.2. The molecule has 0 saturated carbocycles. The van der Waals surface area contributed by atoms with E-state index in [9.17, 15) is 9.50 Å². The summed E-state index contributed by atoms with van der Waals surface area (Å²) in [5.74, 6) is -0.499. The van der Waals surface area contributed by atoms with Crippen molar-refractivity contribution in [2.75, 3.05) is 0 Å². The third-order valence-electron chi connectivity index (χ3n) is 2.19. The molecule has 0 fully saturated rings. The van der Waals surface area contributed by atoms with Gasteiger partial charge in [0.05, 0.1) is 18.8 Å². The Balaban J connectivity index is 3.13. The van der Waals surface area contributed by atoms with Crippen LogP contribution in [0.3, 0.4) is 0 Å². The number of benzene rings is 1. The van der Waals surface area contributed by atoms with E-state index in [0.717, 1.165) is 0 Å². The molecule has 2 atom stereocenters.